The molecule has 2 N–H and O–H groups in total. The van der Waals surface area contributed by atoms with Crippen LogP contribution in [-0.2, 0) is 15.6 Å². The lowest BCUT2D eigenvalue weighted by atomic mass is 10.2. The molecule has 0 aliphatic rings. The van der Waals surface area contributed by atoms with Crippen LogP contribution in [0, 0.1) is 10.1 Å². The number of nitrogens with zero attached hydrogens (tertiary/aromatic N) is 1. The smallest absolute Gasteiger partial charge is 0.273 e. The maximum Gasteiger partial charge on any atom is 0.273 e. The second kappa shape index (κ2) is 5.71. The minimum atomic E-state index is -3.84. The number of nitro groups is 1. The van der Waals surface area contributed by atoms with E-state index in [9.17, 15) is 18.5 Å². The molecular weight excluding hydrogens is 316 g/mol. The summed E-state index contributed by atoms with van der Waals surface area (Å²) in [4.78, 5) is 10.2. The fraction of sp³-hybridized carbons (Fsp3) is 0.0769. The van der Waals surface area contributed by atoms with Gasteiger partial charge in [0.2, 0.25) is 0 Å². The Labute approximate surface area is 126 Å². The van der Waals surface area contributed by atoms with Gasteiger partial charge in [0.1, 0.15) is 0 Å². The molecule has 0 bridgehead atoms. The van der Waals surface area contributed by atoms with Crippen molar-refractivity contribution in [2.75, 3.05) is 5.73 Å². The summed E-state index contributed by atoms with van der Waals surface area (Å²) >= 11 is 5.78. The average Bonchev–Trinajstić information content (AvgIpc) is 2.41. The zero-order valence-electron chi connectivity index (χ0n) is 10.7. The summed E-state index contributed by atoms with van der Waals surface area (Å²) in [6.45, 7) is 0. The summed E-state index contributed by atoms with van der Waals surface area (Å²) in [7, 11) is -3.84. The van der Waals surface area contributed by atoms with Crippen molar-refractivity contribution in [3.63, 3.8) is 0 Å². The van der Waals surface area contributed by atoms with E-state index in [2.05, 4.69) is 0 Å². The monoisotopic (exact) mass is 326 g/mol. The minimum Gasteiger partial charge on any atom is -0.398 e. The number of anilines is 1. The predicted molar refractivity (Wildman–Crippen MR) is 79.9 cm³/mol. The number of para-hydroxylation sites is 1. The van der Waals surface area contributed by atoms with Gasteiger partial charge in [-0.15, -0.1) is 0 Å². The van der Waals surface area contributed by atoms with Gasteiger partial charge < -0.3 is 5.73 Å². The fourth-order valence-corrected chi connectivity index (χ4v) is 3.65. The highest BCUT2D eigenvalue weighted by molar-refractivity contribution is 7.90. The summed E-state index contributed by atoms with van der Waals surface area (Å²) in [5.74, 6) is -0.519. The molecule has 0 heterocycles. The van der Waals surface area contributed by atoms with Crippen molar-refractivity contribution in [2.45, 2.75) is 10.6 Å². The molecule has 2 aromatic carbocycles. The molecular formula is C13H11ClN2O4S. The summed E-state index contributed by atoms with van der Waals surface area (Å²) in [5.41, 5.74) is 5.56. The van der Waals surface area contributed by atoms with Crippen LogP contribution in [0.5, 0.6) is 0 Å². The largest absolute Gasteiger partial charge is 0.398 e. The molecule has 110 valence electrons. The Hall–Kier alpha value is -2.12. The first kappa shape index (κ1) is 15.3. The molecule has 21 heavy (non-hydrogen) atoms. The molecule has 8 heteroatoms. The number of hydrogen-bond acceptors (Lipinski definition) is 5. The molecule has 0 saturated heterocycles. The zero-order chi connectivity index (χ0) is 15.6. The van der Waals surface area contributed by atoms with Crippen molar-refractivity contribution in [1.29, 1.82) is 0 Å². The average molecular weight is 327 g/mol. The Morgan fingerprint density at radius 2 is 1.86 bits per heavy atom. The molecule has 0 aliphatic carbocycles. The lowest BCUT2D eigenvalue weighted by Crippen LogP contribution is -2.09. The number of sulfone groups is 1. The van der Waals surface area contributed by atoms with Crippen LogP contribution in [0.4, 0.5) is 11.4 Å². The van der Waals surface area contributed by atoms with Gasteiger partial charge in [-0.2, -0.15) is 0 Å². The summed E-state index contributed by atoms with van der Waals surface area (Å²) < 4.78 is 24.8. The standard InChI is InChI=1S/C13H11ClN2O4S/c14-10-5-6-11(15)13(7-10)21(19,20)8-9-3-1-2-4-12(9)16(17)18/h1-7H,8,15H2. The molecule has 0 radical (unpaired) electrons. The van der Waals surface area contributed by atoms with Crippen molar-refractivity contribution in [1.82, 2.24) is 0 Å². The van der Waals surface area contributed by atoms with Gasteiger partial charge >= 0.3 is 0 Å². The van der Waals surface area contributed by atoms with Gasteiger partial charge in [0, 0.05) is 16.7 Å². The molecule has 6 nitrogen and oxygen atoms in total. The normalized spacial score (nSPS) is 11.3. The quantitative estimate of drug-likeness (QED) is 0.528. The molecule has 2 rings (SSSR count). The molecule has 0 aliphatic heterocycles. The van der Waals surface area contributed by atoms with Gasteiger partial charge in [0.05, 0.1) is 21.3 Å². The number of rotatable bonds is 4. The van der Waals surface area contributed by atoms with Crippen LogP contribution in [-0.4, -0.2) is 13.3 Å². The van der Waals surface area contributed by atoms with E-state index < -0.39 is 20.5 Å². The van der Waals surface area contributed by atoms with E-state index in [1.54, 1.807) is 6.07 Å². The molecule has 0 unspecified atom stereocenters. The van der Waals surface area contributed by atoms with Crippen molar-refractivity contribution in [3.8, 4) is 0 Å². The van der Waals surface area contributed by atoms with E-state index in [0.29, 0.717) is 0 Å². The van der Waals surface area contributed by atoms with Crippen LogP contribution in [0.3, 0.4) is 0 Å². The summed E-state index contributed by atoms with van der Waals surface area (Å²) in [5, 5.41) is 11.2. The van der Waals surface area contributed by atoms with E-state index >= 15 is 0 Å². The molecule has 0 amide bonds. The Kier molecular flexibility index (Phi) is 4.15. The number of nitro benzene ring substituents is 1. The fourth-order valence-electron chi connectivity index (χ4n) is 1.87. The zero-order valence-corrected chi connectivity index (χ0v) is 12.3. The van der Waals surface area contributed by atoms with Crippen LogP contribution >= 0.6 is 11.6 Å². The maximum atomic E-state index is 12.4. The van der Waals surface area contributed by atoms with Gasteiger partial charge in [-0.25, -0.2) is 8.42 Å². The van der Waals surface area contributed by atoms with E-state index in [-0.39, 0.29) is 26.9 Å². The van der Waals surface area contributed by atoms with Crippen LogP contribution < -0.4 is 5.73 Å². The van der Waals surface area contributed by atoms with Crippen molar-refractivity contribution >= 4 is 32.8 Å². The third-order valence-corrected chi connectivity index (χ3v) is 4.79. The van der Waals surface area contributed by atoms with Crippen LogP contribution in [0.2, 0.25) is 5.02 Å². The van der Waals surface area contributed by atoms with Gasteiger partial charge in [-0.3, -0.25) is 10.1 Å². The topological polar surface area (TPSA) is 103 Å². The highest BCUT2D eigenvalue weighted by atomic mass is 35.5. The molecule has 0 aromatic heterocycles. The Morgan fingerprint density at radius 1 is 1.19 bits per heavy atom. The number of nitrogens with two attached hydrogens (primary N) is 1. The van der Waals surface area contributed by atoms with Gasteiger partial charge in [0.15, 0.2) is 9.84 Å². The Balaban J connectivity index is 2.48. The second-order valence-electron chi connectivity index (χ2n) is 4.33. The number of hydrogen-bond donors (Lipinski definition) is 1. The molecule has 2 aromatic rings. The van der Waals surface area contributed by atoms with Gasteiger partial charge in [-0.1, -0.05) is 29.8 Å². The third kappa shape index (κ3) is 3.32. The van der Waals surface area contributed by atoms with Crippen molar-refractivity contribution in [3.05, 3.63) is 63.2 Å². The Morgan fingerprint density at radius 3 is 2.52 bits per heavy atom. The van der Waals surface area contributed by atoms with Crippen molar-refractivity contribution in [2.24, 2.45) is 0 Å². The van der Waals surface area contributed by atoms with Gasteiger partial charge in [-0.05, 0) is 18.2 Å². The predicted octanol–water partition coefficient (Wildman–Crippen LogP) is 2.80. The number of halogens is 1. The van der Waals surface area contributed by atoms with E-state index in [4.69, 9.17) is 17.3 Å². The second-order valence-corrected chi connectivity index (χ2v) is 6.72. The Bertz CT molecular complexity index is 806. The highest BCUT2D eigenvalue weighted by Gasteiger charge is 2.23. The molecule has 0 atom stereocenters. The van der Waals surface area contributed by atoms with Crippen LogP contribution in [0.15, 0.2) is 47.4 Å². The first-order chi connectivity index (χ1) is 9.81. The molecule has 0 fully saturated rings. The molecule has 0 spiro atoms. The van der Waals surface area contributed by atoms with E-state index in [0.717, 1.165) is 0 Å². The first-order valence-electron chi connectivity index (χ1n) is 5.81. The van der Waals surface area contributed by atoms with Gasteiger partial charge in [0.25, 0.3) is 5.69 Å². The van der Waals surface area contributed by atoms with Crippen molar-refractivity contribution < 1.29 is 13.3 Å². The third-order valence-electron chi connectivity index (χ3n) is 2.84. The van der Waals surface area contributed by atoms with Crippen LogP contribution in [0.25, 0.3) is 0 Å². The summed E-state index contributed by atoms with van der Waals surface area (Å²) in [6.07, 6.45) is 0. The van der Waals surface area contributed by atoms with E-state index in [1.165, 1.54) is 36.4 Å². The maximum absolute atomic E-state index is 12.4. The number of benzene rings is 2. The minimum absolute atomic E-state index is 0.0537. The molecule has 0 saturated carbocycles. The van der Waals surface area contributed by atoms with Crippen LogP contribution in [0.1, 0.15) is 5.56 Å². The lowest BCUT2D eigenvalue weighted by Gasteiger charge is -2.08. The van der Waals surface area contributed by atoms with E-state index in [1.807, 2.05) is 0 Å². The lowest BCUT2D eigenvalue weighted by molar-refractivity contribution is -0.385. The highest BCUT2D eigenvalue weighted by Crippen LogP contribution is 2.28. The summed E-state index contributed by atoms with van der Waals surface area (Å²) in [6, 6.07) is 9.76. The first-order valence-corrected chi connectivity index (χ1v) is 7.84. The number of nitrogen functional groups attached to an aromatic ring is 1. The SMILES string of the molecule is Nc1ccc(Cl)cc1S(=O)(=O)Cc1ccccc1[N+](=O)[O-].